The Hall–Kier alpha value is -4.62. The van der Waals surface area contributed by atoms with Crippen molar-refractivity contribution in [1.82, 2.24) is 0 Å². The molecule has 0 radical (unpaired) electrons. The van der Waals surface area contributed by atoms with Gasteiger partial charge in [-0.15, -0.1) is 0 Å². The molecule has 0 saturated heterocycles. The highest BCUT2D eigenvalue weighted by Gasteiger charge is 2.12. The monoisotopic (exact) mass is 563 g/mol. The summed E-state index contributed by atoms with van der Waals surface area (Å²) in [4.78, 5) is 36.3. The van der Waals surface area contributed by atoms with Gasteiger partial charge in [0.15, 0.2) is 6.61 Å². The van der Waals surface area contributed by atoms with E-state index in [4.69, 9.17) is 9.47 Å². The van der Waals surface area contributed by atoms with E-state index < -0.39 is 11.9 Å². The quantitative estimate of drug-likeness (QED) is 0.217. The Kier molecular flexibility index (Phi) is 9.41. The number of hydrogen-bond acceptors (Lipinski definition) is 7. The minimum Gasteiger partial charge on any atom is -0.497 e. The number of ether oxygens (including phenoxy) is 3. The van der Waals surface area contributed by atoms with Crippen molar-refractivity contribution in [2.24, 2.45) is 0 Å². The standard InChI is InChI=1S/C27H22BrN3O6/c1-35-22-10-8-20(9-11-22)30-25(32)16-37-24-12-3-17(14-23(24)28)13-19(15-29)26(33)31-21-6-4-18(5-7-21)27(34)36-2/h3-14H,16H2,1-2H3,(H,30,32)(H,31,33)/b19-13-. The van der Waals surface area contributed by atoms with Crippen LogP contribution in [0.3, 0.4) is 0 Å². The summed E-state index contributed by atoms with van der Waals surface area (Å²) in [6.45, 7) is -0.222. The van der Waals surface area contributed by atoms with Gasteiger partial charge < -0.3 is 24.8 Å². The molecule has 0 aliphatic heterocycles. The van der Waals surface area contributed by atoms with Gasteiger partial charge in [-0.3, -0.25) is 9.59 Å². The largest absolute Gasteiger partial charge is 0.497 e. The van der Waals surface area contributed by atoms with E-state index in [-0.39, 0.29) is 18.1 Å². The van der Waals surface area contributed by atoms with Gasteiger partial charge in [0.25, 0.3) is 11.8 Å². The third-order valence-electron chi connectivity index (χ3n) is 4.93. The van der Waals surface area contributed by atoms with E-state index in [1.54, 1.807) is 49.6 Å². The number of nitrogens with zero attached hydrogens (tertiary/aromatic N) is 1. The molecule has 0 fully saturated rings. The zero-order valence-electron chi connectivity index (χ0n) is 19.9. The number of carbonyl (C=O) groups is 3. The van der Waals surface area contributed by atoms with Crippen molar-refractivity contribution in [2.45, 2.75) is 0 Å². The van der Waals surface area contributed by atoms with Gasteiger partial charge >= 0.3 is 5.97 Å². The van der Waals surface area contributed by atoms with Crippen LogP contribution >= 0.6 is 15.9 Å². The predicted octanol–water partition coefficient (Wildman–Crippen LogP) is 4.81. The molecular weight excluding hydrogens is 542 g/mol. The molecule has 10 heteroatoms. The van der Waals surface area contributed by atoms with E-state index in [1.807, 2.05) is 6.07 Å². The van der Waals surface area contributed by atoms with Crippen LogP contribution in [-0.4, -0.2) is 38.6 Å². The van der Waals surface area contributed by atoms with Crippen LogP contribution in [0.4, 0.5) is 11.4 Å². The van der Waals surface area contributed by atoms with Crippen molar-refractivity contribution in [3.05, 3.63) is 87.9 Å². The number of hydrogen-bond donors (Lipinski definition) is 2. The zero-order valence-corrected chi connectivity index (χ0v) is 21.5. The summed E-state index contributed by atoms with van der Waals surface area (Å²) in [5.74, 6) is -0.357. The Bertz CT molecular complexity index is 1360. The van der Waals surface area contributed by atoms with Gasteiger partial charge in [0.1, 0.15) is 23.1 Å². The molecular formula is C27H22BrN3O6. The number of rotatable bonds is 9. The van der Waals surface area contributed by atoms with E-state index in [1.165, 1.54) is 37.5 Å². The van der Waals surface area contributed by atoms with Gasteiger partial charge in [-0.05, 0) is 88.2 Å². The van der Waals surface area contributed by atoms with Gasteiger partial charge in [0.2, 0.25) is 0 Å². The molecule has 3 aromatic carbocycles. The van der Waals surface area contributed by atoms with Crippen LogP contribution < -0.4 is 20.1 Å². The number of nitriles is 1. The van der Waals surface area contributed by atoms with Gasteiger partial charge in [-0.25, -0.2) is 4.79 Å². The second kappa shape index (κ2) is 12.9. The number of anilines is 2. The molecule has 2 amide bonds. The Labute approximate surface area is 221 Å². The number of esters is 1. The highest BCUT2D eigenvalue weighted by molar-refractivity contribution is 9.10. The third kappa shape index (κ3) is 7.68. The molecule has 0 unspecified atom stereocenters. The average molecular weight is 564 g/mol. The topological polar surface area (TPSA) is 127 Å². The lowest BCUT2D eigenvalue weighted by Crippen LogP contribution is -2.20. The fourth-order valence-electron chi connectivity index (χ4n) is 3.06. The maximum Gasteiger partial charge on any atom is 0.337 e. The second-order valence-corrected chi connectivity index (χ2v) is 8.30. The maximum atomic E-state index is 12.6. The number of amides is 2. The normalized spacial score (nSPS) is 10.6. The van der Waals surface area contributed by atoms with E-state index >= 15 is 0 Å². The molecule has 0 spiro atoms. The summed E-state index contributed by atoms with van der Waals surface area (Å²) in [6.07, 6.45) is 1.42. The fourth-order valence-corrected chi connectivity index (χ4v) is 3.57. The van der Waals surface area contributed by atoms with E-state index in [0.29, 0.717) is 38.5 Å². The first-order valence-electron chi connectivity index (χ1n) is 10.8. The van der Waals surface area contributed by atoms with Crippen molar-refractivity contribution >= 4 is 51.2 Å². The lowest BCUT2D eigenvalue weighted by Gasteiger charge is -2.10. The molecule has 2 N–H and O–H groups in total. The van der Waals surface area contributed by atoms with Crippen LogP contribution in [0.2, 0.25) is 0 Å². The van der Waals surface area contributed by atoms with Crippen molar-refractivity contribution in [3.8, 4) is 17.6 Å². The van der Waals surface area contributed by atoms with Crippen LogP contribution in [0.25, 0.3) is 6.08 Å². The summed E-state index contributed by atoms with van der Waals surface area (Å²) in [5.41, 5.74) is 1.79. The maximum absolute atomic E-state index is 12.6. The van der Waals surface area contributed by atoms with Crippen LogP contribution in [0, 0.1) is 11.3 Å². The SMILES string of the molecule is COC(=O)c1ccc(NC(=O)/C(C#N)=C\c2ccc(OCC(=O)Nc3ccc(OC)cc3)c(Br)c2)cc1. The molecule has 9 nitrogen and oxygen atoms in total. The lowest BCUT2D eigenvalue weighted by molar-refractivity contribution is -0.118. The summed E-state index contributed by atoms with van der Waals surface area (Å²) in [6, 6.07) is 19.8. The fraction of sp³-hybridized carbons (Fsp3) is 0.111. The number of halogens is 1. The van der Waals surface area contributed by atoms with E-state index in [9.17, 15) is 19.6 Å². The molecule has 0 aliphatic carbocycles. The highest BCUT2D eigenvalue weighted by Crippen LogP contribution is 2.27. The molecule has 0 aromatic heterocycles. The van der Waals surface area contributed by atoms with E-state index in [0.717, 1.165) is 0 Å². The molecule has 3 rings (SSSR count). The average Bonchev–Trinajstić information content (AvgIpc) is 2.91. The third-order valence-corrected chi connectivity index (χ3v) is 5.55. The number of benzene rings is 3. The van der Waals surface area contributed by atoms with Gasteiger partial charge in [0.05, 0.1) is 24.3 Å². The zero-order chi connectivity index (χ0) is 26.8. The van der Waals surface area contributed by atoms with Crippen molar-refractivity contribution < 1.29 is 28.6 Å². The molecule has 0 aliphatic rings. The number of methoxy groups -OCH3 is 2. The van der Waals surface area contributed by atoms with Gasteiger partial charge in [0, 0.05) is 11.4 Å². The Morgan fingerprint density at radius 1 is 0.946 bits per heavy atom. The number of nitrogens with one attached hydrogen (secondary N) is 2. The van der Waals surface area contributed by atoms with Crippen molar-refractivity contribution in [3.63, 3.8) is 0 Å². The molecule has 3 aromatic rings. The number of carbonyl (C=O) groups excluding carboxylic acids is 3. The van der Waals surface area contributed by atoms with Gasteiger partial charge in [-0.1, -0.05) is 6.07 Å². The Morgan fingerprint density at radius 3 is 2.19 bits per heavy atom. The van der Waals surface area contributed by atoms with Crippen LogP contribution in [0.5, 0.6) is 11.5 Å². The van der Waals surface area contributed by atoms with Crippen molar-refractivity contribution in [2.75, 3.05) is 31.5 Å². The first-order valence-corrected chi connectivity index (χ1v) is 11.6. The van der Waals surface area contributed by atoms with Crippen LogP contribution in [-0.2, 0) is 14.3 Å². The van der Waals surface area contributed by atoms with Crippen LogP contribution in [0.1, 0.15) is 15.9 Å². The van der Waals surface area contributed by atoms with Crippen molar-refractivity contribution in [1.29, 1.82) is 5.26 Å². The van der Waals surface area contributed by atoms with Crippen LogP contribution in [0.15, 0.2) is 76.8 Å². The van der Waals surface area contributed by atoms with Gasteiger partial charge in [-0.2, -0.15) is 5.26 Å². The van der Waals surface area contributed by atoms with E-state index in [2.05, 4.69) is 31.3 Å². The Balaban J connectivity index is 1.60. The minimum atomic E-state index is -0.611. The molecule has 0 heterocycles. The molecule has 0 saturated carbocycles. The second-order valence-electron chi connectivity index (χ2n) is 7.45. The lowest BCUT2D eigenvalue weighted by atomic mass is 10.1. The Morgan fingerprint density at radius 2 is 1.59 bits per heavy atom. The first kappa shape index (κ1) is 27.0. The molecule has 0 atom stereocenters. The minimum absolute atomic E-state index is 0.128. The summed E-state index contributed by atoms with van der Waals surface area (Å²) < 4.78 is 15.8. The summed E-state index contributed by atoms with van der Waals surface area (Å²) in [7, 11) is 2.84. The predicted molar refractivity (Wildman–Crippen MR) is 141 cm³/mol. The smallest absolute Gasteiger partial charge is 0.337 e. The highest BCUT2D eigenvalue weighted by atomic mass is 79.9. The summed E-state index contributed by atoms with van der Waals surface area (Å²) >= 11 is 3.39. The molecule has 188 valence electrons. The first-order chi connectivity index (χ1) is 17.8. The molecule has 37 heavy (non-hydrogen) atoms. The summed E-state index contributed by atoms with van der Waals surface area (Å²) in [5, 5.41) is 14.8. The molecule has 0 bridgehead atoms.